The number of amides is 1. The maximum atomic E-state index is 14.9. The van der Waals surface area contributed by atoms with Gasteiger partial charge in [0.1, 0.15) is 5.82 Å². The Balaban J connectivity index is 1.56. The minimum Gasteiger partial charge on any atom is -0.478 e. The van der Waals surface area contributed by atoms with Gasteiger partial charge in [-0.2, -0.15) is 0 Å². The molecular formula is C22H24FN3O3. The fourth-order valence-electron chi connectivity index (χ4n) is 4.17. The molecule has 1 fully saturated rings. The monoisotopic (exact) mass is 397 g/mol. The minimum atomic E-state index is -1.02. The second-order valence-electron chi connectivity index (χ2n) is 7.87. The highest BCUT2D eigenvalue weighted by Gasteiger charge is 2.29. The van der Waals surface area contributed by atoms with Gasteiger partial charge in [-0.1, -0.05) is 0 Å². The van der Waals surface area contributed by atoms with Crippen LogP contribution in [0, 0.1) is 5.82 Å². The van der Waals surface area contributed by atoms with Gasteiger partial charge < -0.3 is 19.8 Å². The van der Waals surface area contributed by atoms with Crippen molar-refractivity contribution in [3.63, 3.8) is 0 Å². The van der Waals surface area contributed by atoms with Crippen molar-refractivity contribution in [2.24, 2.45) is 0 Å². The van der Waals surface area contributed by atoms with Crippen LogP contribution in [-0.4, -0.2) is 61.7 Å². The Hall–Kier alpha value is -2.93. The first kappa shape index (κ1) is 19.4. The van der Waals surface area contributed by atoms with E-state index in [1.54, 1.807) is 29.2 Å². The minimum absolute atomic E-state index is 0.169. The molecule has 152 valence electrons. The van der Waals surface area contributed by atoms with Gasteiger partial charge in [0.15, 0.2) is 0 Å². The smallest absolute Gasteiger partial charge is 0.335 e. The third kappa shape index (κ3) is 3.58. The summed E-state index contributed by atoms with van der Waals surface area (Å²) in [5.41, 5.74) is 2.44. The second kappa shape index (κ2) is 7.48. The van der Waals surface area contributed by atoms with Gasteiger partial charge in [-0.25, -0.2) is 9.18 Å². The summed E-state index contributed by atoms with van der Waals surface area (Å²) in [6.07, 6.45) is 1.52. The quantitative estimate of drug-likeness (QED) is 0.860. The normalized spacial score (nSPS) is 19.0. The summed E-state index contributed by atoms with van der Waals surface area (Å²) >= 11 is 0. The molecular weight excluding hydrogens is 373 g/mol. The molecule has 0 saturated carbocycles. The van der Waals surface area contributed by atoms with Gasteiger partial charge in [-0.05, 0) is 68.9 Å². The Kier molecular flexibility index (Phi) is 5.00. The molecule has 1 saturated heterocycles. The predicted octanol–water partition coefficient (Wildman–Crippen LogP) is 2.87. The highest BCUT2D eigenvalue weighted by Crippen LogP contribution is 2.31. The van der Waals surface area contributed by atoms with Gasteiger partial charge in [0.25, 0.3) is 5.91 Å². The number of hydrogen-bond donors (Lipinski definition) is 1. The van der Waals surface area contributed by atoms with Crippen molar-refractivity contribution < 1.29 is 19.1 Å². The summed E-state index contributed by atoms with van der Waals surface area (Å²) in [5.74, 6) is -1.58. The number of carboxylic acid groups (broad SMARTS) is 1. The van der Waals surface area contributed by atoms with Crippen LogP contribution in [0.4, 0.5) is 15.8 Å². The molecule has 1 N–H and O–H groups in total. The Bertz CT molecular complexity index is 976. The number of aromatic carboxylic acids is 1. The molecule has 2 aromatic rings. The van der Waals surface area contributed by atoms with E-state index in [9.17, 15) is 14.0 Å². The zero-order valence-corrected chi connectivity index (χ0v) is 16.6. The van der Waals surface area contributed by atoms with Crippen molar-refractivity contribution in [3.8, 4) is 0 Å². The van der Waals surface area contributed by atoms with Gasteiger partial charge in [-0.15, -0.1) is 0 Å². The number of carbonyl (C=O) groups excluding carboxylic acids is 1. The molecule has 0 spiro atoms. The number of likely N-dealkylation sites (N-methyl/N-ethyl adjacent to an activating group) is 1. The fraction of sp³-hybridized carbons (Fsp3) is 0.364. The van der Waals surface area contributed by atoms with E-state index in [1.807, 2.05) is 19.0 Å². The molecule has 0 aromatic heterocycles. The zero-order valence-electron chi connectivity index (χ0n) is 16.6. The van der Waals surface area contributed by atoms with Crippen molar-refractivity contribution in [1.29, 1.82) is 0 Å². The molecule has 1 atom stereocenters. The van der Waals surface area contributed by atoms with Crippen LogP contribution in [0.5, 0.6) is 0 Å². The summed E-state index contributed by atoms with van der Waals surface area (Å²) in [5, 5.41) is 9.13. The van der Waals surface area contributed by atoms with Crippen molar-refractivity contribution in [2.75, 3.05) is 43.5 Å². The summed E-state index contributed by atoms with van der Waals surface area (Å²) < 4.78 is 14.9. The van der Waals surface area contributed by atoms with Crippen LogP contribution in [-0.2, 0) is 6.42 Å². The van der Waals surface area contributed by atoms with E-state index in [1.165, 1.54) is 12.1 Å². The summed E-state index contributed by atoms with van der Waals surface area (Å²) in [6, 6.07) is 9.89. The summed E-state index contributed by atoms with van der Waals surface area (Å²) in [7, 11) is 4.07. The lowest BCUT2D eigenvalue weighted by Crippen LogP contribution is -2.38. The largest absolute Gasteiger partial charge is 0.478 e. The highest BCUT2D eigenvalue weighted by molar-refractivity contribution is 6.08. The number of anilines is 2. The average Bonchev–Trinajstić information content (AvgIpc) is 3.18. The van der Waals surface area contributed by atoms with Crippen LogP contribution in [0.2, 0.25) is 0 Å². The van der Waals surface area contributed by atoms with E-state index >= 15 is 0 Å². The average molecular weight is 397 g/mol. The molecule has 1 unspecified atom stereocenters. The molecule has 1 amide bonds. The van der Waals surface area contributed by atoms with Gasteiger partial charge in [0.2, 0.25) is 0 Å². The third-order valence-corrected chi connectivity index (χ3v) is 5.91. The second-order valence-corrected chi connectivity index (χ2v) is 7.87. The number of carbonyl (C=O) groups is 2. The summed E-state index contributed by atoms with van der Waals surface area (Å²) in [6.45, 7) is 1.98. The van der Waals surface area contributed by atoms with Gasteiger partial charge in [0, 0.05) is 36.9 Å². The molecule has 4 rings (SSSR count). The molecule has 0 radical (unpaired) electrons. The van der Waals surface area contributed by atoms with Crippen LogP contribution < -0.4 is 9.80 Å². The van der Waals surface area contributed by atoms with Crippen LogP contribution >= 0.6 is 0 Å². The van der Waals surface area contributed by atoms with E-state index in [0.29, 0.717) is 35.9 Å². The lowest BCUT2D eigenvalue weighted by atomic mass is 9.96. The number of rotatable bonds is 4. The number of hydrogen-bond acceptors (Lipinski definition) is 4. The molecule has 7 heteroatoms. The SMILES string of the molecule is CN(C)C1CCN(c2ccc(N3CCc4cc(C(=O)O)ccc4C3=O)cc2F)C1. The maximum absolute atomic E-state index is 14.9. The first-order valence-electron chi connectivity index (χ1n) is 9.74. The number of nitrogens with zero attached hydrogens (tertiary/aromatic N) is 3. The third-order valence-electron chi connectivity index (χ3n) is 5.91. The Morgan fingerprint density at radius 2 is 1.97 bits per heavy atom. The van der Waals surface area contributed by atoms with E-state index in [0.717, 1.165) is 25.1 Å². The number of benzene rings is 2. The topological polar surface area (TPSA) is 64.1 Å². The molecule has 2 aromatic carbocycles. The van der Waals surface area contributed by atoms with E-state index in [4.69, 9.17) is 5.11 Å². The van der Waals surface area contributed by atoms with Gasteiger partial charge >= 0.3 is 5.97 Å². The van der Waals surface area contributed by atoms with Crippen molar-refractivity contribution in [3.05, 3.63) is 58.9 Å². The summed E-state index contributed by atoms with van der Waals surface area (Å²) in [4.78, 5) is 29.8. The molecule has 2 aliphatic rings. The molecule has 0 aliphatic carbocycles. The Morgan fingerprint density at radius 1 is 1.17 bits per heavy atom. The Labute approximate surface area is 169 Å². The number of fused-ring (bicyclic) bond motifs is 1. The number of halogens is 1. The van der Waals surface area contributed by atoms with E-state index < -0.39 is 5.97 Å². The van der Waals surface area contributed by atoms with E-state index in [2.05, 4.69) is 4.90 Å². The molecule has 0 bridgehead atoms. The zero-order chi connectivity index (χ0) is 20.7. The molecule has 2 heterocycles. The maximum Gasteiger partial charge on any atom is 0.335 e. The Morgan fingerprint density at radius 3 is 2.62 bits per heavy atom. The van der Waals surface area contributed by atoms with Crippen molar-refractivity contribution in [2.45, 2.75) is 18.9 Å². The first-order chi connectivity index (χ1) is 13.8. The standard InChI is InChI=1S/C22H24FN3O3/c1-24(2)17-8-9-25(13-17)20-6-4-16(12-19(20)23)26-10-7-14-11-15(22(28)29)3-5-18(14)21(26)27/h3-6,11-12,17H,7-10,13H2,1-2H3,(H,28,29). The van der Waals surface area contributed by atoms with Crippen molar-refractivity contribution >= 4 is 23.3 Å². The van der Waals surface area contributed by atoms with E-state index in [-0.39, 0.29) is 17.3 Å². The highest BCUT2D eigenvalue weighted by atomic mass is 19.1. The predicted molar refractivity (Wildman–Crippen MR) is 109 cm³/mol. The lowest BCUT2D eigenvalue weighted by molar-refractivity contribution is 0.0696. The van der Waals surface area contributed by atoms with Crippen LogP contribution in [0.3, 0.4) is 0 Å². The lowest BCUT2D eigenvalue weighted by Gasteiger charge is -2.29. The molecule has 29 heavy (non-hydrogen) atoms. The van der Waals surface area contributed by atoms with Crippen LogP contribution in [0.1, 0.15) is 32.7 Å². The van der Waals surface area contributed by atoms with Gasteiger partial charge in [0.05, 0.1) is 11.3 Å². The molecule has 2 aliphatic heterocycles. The number of carboxylic acids is 1. The van der Waals surface area contributed by atoms with Crippen LogP contribution in [0.15, 0.2) is 36.4 Å². The van der Waals surface area contributed by atoms with Crippen molar-refractivity contribution in [1.82, 2.24) is 4.90 Å². The van der Waals surface area contributed by atoms with Gasteiger partial charge in [-0.3, -0.25) is 4.79 Å². The van der Waals surface area contributed by atoms with Crippen LogP contribution in [0.25, 0.3) is 0 Å². The molecule has 6 nitrogen and oxygen atoms in total. The first-order valence-corrected chi connectivity index (χ1v) is 9.74. The fourth-order valence-corrected chi connectivity index (χ4v) is 4.17.